The van der Waals surface area contributed by atoms with Gasteiger partial charge in [0.05, 0.1) is 23.9 Å². The summed E-state index contributed by atoms with van der Waals surface area (Å²) >= 11 is 0. The van der Waals surface area contributed by atoms with E-state index < -0.39 is 0 Å². The summed E-state index contributed by atoms with van der Waals surface area (Å²) in [6, 6.07) is 2.42. The minimum Gasteiger partial charge on any atom is -0.375 e. The van der Waals surface area contributed by atoms with E-state index in [1.807, 2.05) is 6.20 Å². The largest absolute Gasteiger partial charge is 0.375 e. The van der Waals surface area contributed by atoms with Gasteiger partial charge < -0.3 is 15.5 Å². The minimum absolute atomic E-state index is 0.315. The van der Waals surface area contributed by atoms with Crippen LogP contribution in [0.4, 0.5) is 0 Å². The Balaban J connectivity index is 1.41. The first kappa shape index (κ1) is 17.1. The zero-order valence-corrected chi connectivity index (χ0v) is 15.8. The Hall–Kier alpha value is -1.99. The molecule has 3 N–H and O–H groups in total. The van der Waals surface area contributed by atoms with Crippen molar-refractivity contribution < 1.29 is 4.74 Å². The molecule has 0 amide bonds. The Morgan fingerprint density at radius 2 is 2.04 bits per heavy atom. The summed E-state index contributed by atoms with van der Waals surface area (Å²) in [5.74, 6) is 2.01. The number of ether oxygens (including phenoxy) is 1. The van der Waals surface area contributed by atoms with Crippen molar-refractivity contribution in [1.82, 2.24) is 24.6 Å². The number of H-pyrrole nitrogens is 1. The summed E-state index contributed by atoms with van der Waals surface area (Å²) in [5.41, 5.74) is 8.79. The van der Waals surface area contributed by atoms with Gasteiger partial charge in [0.25, 0.3) is 0 Å². The van der Waals surface area contributed by atoms with Crippen LogP contribution in [0.3, 0.4) is 0 Å². The Bertz CT molecular complexity index is 925. The average molecular weight is 368 g/mol. The second kappa shape index (κ2) is 6.87. The van der Waals surface area contributed by atoms with Crippen LogP contribution in [0.25, 0.3) is 16.8 Å². The fraction of sp³-hybridized carbons (Fsp3) is 0.650. The third-order valence-electron chi connectivity index (χ3n) is 6.58. The van der Waals surface area contributed by atoms with Crippen LogP contribution in [-0.2, 0) is 4.74 Å². The molecule has 0 aliphatic heterocycles. The number of fused-ring (bicyclic) bond motifs is 3. The Morgan fingerprint density at radius 3 is 2.85 bits per heavy atom. The van der Waals surface area contributed by atoms with Gasteiger partial charge in [-0.2, -0.15) is 0 Å². The van der Waals surface area contributed by atoms with Crippen molar-refractivity contribution in [3.63, 3.8) is 0 Å². The van der Waals surface area contributed by atoms with Crippen LogP contribution < -0.4 is 5.73 Å². The predicted octanol–water partition coefficient (Wildman–Crippen LogP) is 3.16. The molecule has 0 radical (unpaired) electrons. The molecule has 2 saturated carbocycles. The first-order valence-corrected chi connectivity index (χ1v) is 10.3. The van der Waals surface area contributed by atoms with Gasteiger partial charge in [-0.25, -0.2) is 4.98 Å². The minimum atomic E-state index is 0.315. The van der Waals surface area contributed by atoms with Crippen molar-refractivity contribution in [2.45, 2.75) is 76.0 Å². The molecule has 2 fully saturated rings. The van der Waals surface area contributed by atoms with E-state index in [0.29, 0.717) is 30.1 Å². The molecular weight excluding hydrogens is 340 g/mol. The van der Waals surface area contributed by atoms with Crippen molar-refractivity contribution in [2.24, 2.45) is 11.7 Å². The summed E-state index contributed by atoms with van der Waals surface area (Å²) in [6.45, 7) is 2.27. The Kier molecular flexibility index (Phi) is 4.36. The second-order valence-electron chi connectivity index (χ2n) is 8.26. The summed E-state index contributed by atoms with van der Waals surface area (Å²) in [5, 5.41) is 8.98. The van der Waals surface area contributed by atoms with E-state index in [1.54, 1.807) is 6.20 Å². The molecule has 7 nitrogen and oxygen atoms in total. The van der Waals surface area contributed by atoms with Gasteiger partial charge in [0.2, 0.25) is 0 Å². The molecule has 3 aromatic rings. The lowest BCUT2D eigenvalue weighted by Crippen LogP contribution is -2.32. The van der Waals surface area contributed by atoms with Crippen LogP contribution in [0, 0.1) is 5.92 Å². The molecule has 2 aliphatic rings. The number of nitrogens with zero attached hydrogens (tertiary/aromatic N) is 4. The Morgan fingerprint density at radius 1 is 1.19 bits per heavy atom. The van der Waals surface area contributed by atoms with E-state index >= 15 is 0 Å². The number of hydrogen-bond acceptors (Lipinski definition) is 5. The number of nitrogens with two attached hydrogens (primary N) is 1. The van der Waals surface area contributed by atoms with E-state index in [1.165, 1.54) is 0 Å². The summed E-state index contributed by atoms with van der Waals surface area (Å²) in [7, 11) is 0. The van der Waals surface area contributed by atoms with E-state index in [2.05, 4.69) is 37.6 Å². The molecule has 3 heterocycles. The SMILES string of the molecule is CC[C@@H]1C[C@@H](OC2CCC(N)CC2)C[C@@H]1c1nnc2cnc3[nH]ccc3n12. The highest BCUT2D eigenvalue weighted by molar-refractivity contribution is 5.74. The maximum atomic E-state index is 6.51. The predicted molar refractivity (Wildman–Crippen MR) is 103 cm³/mol. The highest BCUT2D eigenvalue weighted by Gasteiger charge is 2.39. The van der Waals surface area contributed by atoms with Gasteiger partial charge in [0.1, 0.15) is 5.82 Å². The van der Waals surface area contributed by atoms with Crippen molar-refractivity contribution in [2.75, 3.05) is 0 Å². The van der Waals surface area contributed by atoms with E-state index in [-0.39, 0.29) is 0 Å². The molecule has 3 atom stereocenters. The van der Waals surface area contributed by atoms with E-state index in [9.17, 15) is 0 Å². The number of nitrogens with one attached hydrogen (secondary N) is 1. The number of aromatic amines is 1. The molecule has 27 heavy (non-hydrogen) atoms. The topological polar surface area (TPSA) is 94.1 Å². The lowest BCUT2D eigenvalue weighted by Gasteiger charge is -2.28. The molecular formula is C20H28N6O. The highest BCUT2D eigenvalue weighted by atomic mass is 16.5. The zero-order valence-electron chi connectivity index (χ0n) is 15.8. The average Bonchev–Trinajstić information content (AvgIpc) is 3.39. The fourth-order valence-corrected chi connectivity index (χ4v) is 5.09. The van der Waals surface area contributed by atoms with Crippen LogP contribution in [0.5, 0.6) is 0 Å². The van der Waals surface area contributed by atoms with Crippen LogP contribution in [0.1, 0.15) is 63.6 Å². The lowest BCUT2D eigenvalue weighted by atomic mass is 9.93. The fourth-order valence-electron chi connectivity index (χ4n) is 5.09. The van der Waals surface area contributed by atoms with Crippen LogP contribution in [0.15, 0.2) is 18.5 Å². The van der Waals surface area contributed by atoms with Crippen molar-refractivity contribution in [3.8, 4) is 0 Å². The first-order valence-electron chi connectivity index (χ1n) is 10.3. The third kappa shape index (κ3) is 3.02. The molecule has 2 aliphatic carbocycles. The quantitative estimate of drug-likeness (QED) is 0.738. The van der Waals surface area contributed by atoms with Gasteiger partial charge >= 0.3 is 0 Å². The molecule has 0 spiro atoms. The van der Waals surface area contributed by atoms with Gasteiger partial charge in [-0.3, -0.25) is 4.40 Å². The molecule has 0 saturated heterocycles. The summed E-state index contributed by atoms with van der Waals surface area (Å²) in [6.07, 6.45) is 12.1. The smallest absolute Gasteiger partial charge is 0.179 e. The van der Waals surface area contributed by atoms with E-state index in [4.69, 9.17) is 10.5 Å². The van der Waals surface area contributed by atoms with Gasteiger partial charge in [-0.15, -0.1) is 10.2 Å². The monoisotopic (exact) mass is 368 g/mol. The number of hydrogen-bond donors (Lipinski definition) is 2. The van der Waals surface area contributed by atoms with Crippen LogP contribution >= 0.6 is 0 Å². The van der Waals surface area contributed by atoms with Crippen molar-refractivity contribution >= 4 is 16.8 Å². The summed E-state index contributed by atoms with van der Waals surface area (Å²) < 4.78 is 8.69. The molecule has 0 aromatic carbocycles. The highest BCUT2D eigenvalue weighted by Crippen LogP contribution is 2.43. The maximum Gasteiger partial charge on any atom is 0.179 e. The third-order valence-corrected chi connectivity index (χ3v) is 6.58. The van der Waals surface area contributed by atoms with Crippen LogP contribution in [0.2, 0.25) is 0 Å². The van der Waals surface area contributed by atoms with Crippen molar-refractivity contribution in [1.29, 1.82) is 0 Å². The van der Waals surface area contributed by atoms with Gasteiger partial charge in [-0.05, 0) is 50.5 Å². The molecule has 144 valence electrons. The maximum absolute atomic E-state index is 6.51. The molecule has 7 heteroatoms. The summed E-state index contributed by atoms with van der Waals surface area (Å²) in [4.78, 5) is 7.62. The van der Waals surface area contributed by atoms with Crippen LogP contribution in [-0.4, -0.2) is 42.8 Å². The first-order chi connectivity index (χ1) is 13.2. The number of aromatic nitrogens is 5. The van der Waals surface area contributed by atoms with Gasteiger partial charge in [0.15, 0.2) is 11.3 Å². The normalized spacial score (nSPS) is 31.9. The standard InChI is InChI=1S/C20H28N6O/c1-2-12-9-15(27-14-5-3-13(21)4-6-14)10-16(12)20-25-24-18-11-23-19-17(26(18)20)7-8-22-19/h7-8,11-16,22H,2-6,9-10,21H2,1H3/t12-,13?,14?,15-,16+/m1/s1. The Labute approximate surface area is 158 Å². The second-order valence-corrected chi connectivity index (χ2v) is 8.26. The molecule has 5 rings (SSSR count). The zero-order chi connectivity index (χ0) is 18.4. The molecule has 3 aromatic heterocycles. The molecule has 0 bridgehead atoms. The lowest BCUT2D eigenvalue weighted by molar-refractivity contribution is -0.0302. The van der Waals surface area contributed by atoms with Gasteiger partial charge in [-0.1, -0.05) is 13.3 Å². The van der Waals surface area contributed by atoms with Crippen molar-refractivity contribution in [3.05, 3.63) is 24.3 Å². The van der Waals surface area contributed by atoms with E-state index in [0.717, 1.165) is 67.6 Å². The molecule has 0 unspecified atom stereocenters. The van der Waals surface area contributed by atoms with Gasteiger partial charge in [0, 0.05) is 18.2 Å². The number of rotatable bonds is 4.